The topological polar surface area (TPSA) is 51.4 Å². The first kappa shape index (κ1) is 16.1. The average molecular weight is 327 g/mol. The van der Waals surface area contributed by atoms with E-state index in [4.69, 9.17) is 9.47 Å². The van der Waals surface area contributed by atoms with E-state index in [1.165, 1.54) is 0 Å². The lowest BCUT2D eigenvalue weighted by atomic mass is 10.2. The maximum Gasteiger partial charge on any atom is 0.274 e. The van der Waals surface area contributed by atoms with Crippen molar-refractivity contribution in [3.63, 3.8) is 0 Å². The second-order valence-corrected chi connectivity index (χ2v) is 5.54. The van der Waals surface area contributed by atoms with E-state index in [-0.39, 0.29) is 0 Å². The van der Waals surface area contributed by atoms with E-state index in [2.05, 4.69) is 26.1 Å². The van der Waals surface area contributed by atoms with Gasteiger partial charge < -0.3 is 9.47 Å². The Bertz CT molecular complexity index is 683. The number of hydrogen-bond acceptors (Lipinski definition) is 5. The highest BCUT2D eigenvalue weighted by Crippen LogP contribution is 2.23. The number of piperazine rings is 1. The summed E-state index contributed by atoms with van der Waals surface area (Å²) in [6.07, 6.45) is 3.80. The van der Waals surface area contributed by atoms with Crippen LogP contribution in [0.4, 0.5) is 5.82 Å². The highest BCUT2D eigenvalue weighted by molar-refractivity contribution is 5.83. The Morgan fingerprint density at radius 1 is 1.04 bits per heavy atom. The van der Waals surface area contributed by atoms with Gasteiger partial charge in [0.15, 0.2) is 0 Å². The molecule has 1 fully saturated rings. The molecule has 1 saturated heterocycles. The first-order valence-corrected chi connectivity index (χ1v) is 8.03. The molecule has 0 spiro atoms. The third-order valence-corrected chi connectivity index (χ3v) is 4.09. The zero-order chi connectivity index (χ0) is 16.8. The number of hydrogen-bond donors (Lipinski definition) is 0. The van der Waals surface area contributed by atoms with Crippen molar-refractivity contribution in [1.29, 1.82) is 0 Å². The molecule has 2 heterocycles. The van der Waals surface area contributed by atoms with Crippen LogP contribution < -0.4 is 19.4 Å². The van der Waals surface area contributed by atoms with Crippen LogP contribution in [0.5, 0.6) is 11.5 Å². The average Bonchev–Trinajstić information content (AvgIpc) is 2.67. The smallest absolute Gasteiger partial charge is 0.274 e. The van der Waals surface area contributed by atoms with Gasteiger partial charge in [-0.25, -0.2) is 4.98 Å². The molecular formula is C18H23N4O2+. The van der Waals surface area contributed by atoms with E-state index >= 15 is 0 Å². The number of nitrogens with one attached hydrogen (secondary N) is 1. The molecule has 24 heavy (non-hydrogen) atoms. The molecule has 1 aliphatic heterocycles. The SMILES string of the molecule is COc1ccc(/C=N\N2CCN(c3cccc[nH+]3)CC2)c(OC)c1. The van der Waals surface area contributed by atoms with Crippen LogP contribution in [0.25, 0.3) is 0 Å². The van der Waals surface area contributed by atoms with Gasteiger partial charge in [0.05, 0.1) is 39.7 Å². The number of ether oxygens (including phenoxy) is 2. The number of H-pyrrole nitrogens is 1. The third kappa shape index (κ3) is 3.76. The number of aromatic nitrogens is 1. The highest BCUT2D eigenvalue weighted by atomic mass is 16.5. The molecule has 1 aromatic carbocycles. The summed E-state index contributed by atoms with van der Waals surface area (Å²) in [4.78, 5) is 5.61. The lowest BCUT2D eigenvalue weighted by molar-refractivity contribution is -0.364. The molecule has 0 unspecified atom stereocenters. The summed E-state index contributed by atoms with van der Waals surface area (Å²) in [6, 6.07) is 11.9. The summed E-state index contributed by atoms with van der Waals surface area (Å²) in [5, 5.41) is 6.68. The Morgan fingerprint density at radius 2 is 1.88 bits per heavy atom. The van der Waals surface area contributed by atoms with Crippen LogP contribution in [0.15, 0.2) is 47.7 Å². The van der Waals surface area contributed by atoms with Crippen molar-refractivity contribution < 1.29 is 14.5 Å². The summed E-state index contributed by atoms with van der Waals surface area (Å²) >= 11 is 0. The number of hydrazone groups is 1. The highest BCUT2D eigenvalue weighted by Gasteiger charge is 2.21. The molecule has 6 nitrogen and oxygen atoms in total. The van der Waals surface area contributed by atoms with E-state index in [0.29, 0.717) is 0 Å². The van der Waals surface area contributed by atoms with Gasteiger partial charge in [-0.15, -0.1) is 0 Å². The molecule has 1 aliphatic rings. The summed E-state index contributed by atoms with van der Waals surface area (Å²) in [5.74, 6) is 2.69. The molecule has 3 rings (SSSR count). The fraction of sp³-hybridized carbons (Fsp3) is 0.333. The van der Waals surface area contributed by atoms with Crippen LogP contribution in [-0.2, 0) is 0 Å². The minimum Gasteiger partial charge on any atom is -0.497 e. The van der Waals surface area contributed by atoms with Gasteiger partial charge in [-0.3, -0.25) is 9.91 Å². The summed E-state index contributed by atoms with van der Waals surface area (Å²) in [5.41, 5.74) is 0.942. The molecule has 0 saturated carbocycles. The molecule has 0 radical (unpaired) electrons. The van der Waals surface area contributed by atoms with Gasteiger partial charge in [0.2, 0.25) is 0 Å². The number of pyridine rings is 1. The van der Waals surface area contributed by atoms with E-state index in [9.17, 15) is 0 Å². The summed E-state index contributed by atoms with van der Waals surface area (Å²) in [6.45, 7) is 3.66. The second-order valence-electron chi connectivity index (χ2n) is 5.54. The summed E-state index contributed by atoms with van der Waals surface area (Å²) < 4.78 is 10.6. The Labute approximate surface area is 142 Å². The minimum absolute atomic E-state index is 0.760. The summed E-state index contributed by atoms with van der Waals surface area (Å²) in [7, 11) is 3.30. The standard InChI is InChI=1S/C18H22N4O2/c1-23-16-7-6-15(17(13-16)24-2)14-20-22-11-9-21(10-12-22)18-5-3-4-8-19-18/h3-8,13-14H,9-12H2,1-2H3/p+1/b20-14-. The molecular weight excluding hydrogens is 304 g/mol. The van der Waals surface area contributed by atoms with Gasteiger partial charge in [0, 0.05) is 17.7 Å². The van der Waals surface area contributed by atoms with Gasteiger partial charge in [-0.05, 0) is 18.2 Å². The van der Waals surface area contributed by atoms with Crippen molar-refractivity contribution in [2.24, 2.45) is 5.10 Å². The first-order valence-electron chi connectivity index (χ1n) is 8.03. The van der Waals surface area contributed by atoms with E-state index < -0.39 is 0 Å². The van der Waals surface area contributed by atoms with Crippen LogP contribution in [0.1, 0.15) is 5.56 Å². The molecule has 0 aliphatic carbocycles. The monoisotopic (exact) mass is 327 g/mol. The Balaban J connectivity index is 1.61. The zero-order valence-corrected chi connectivity index (χ0v) is 14.1. The second kappa shape index (κ2) is 7.68. The number of rotatable bonds is 5. The Hall–Kier alpha value is -2.76. The minimum atomic E-state index is 0.760. The largest absolute Gasteiger partial charge is 0.497 e. The molecule has 126 valence electrons. The lowest BCUT2D eigenvalue weighted by Gasteiger charge is -2.28. The Morgan fingerprint density at radius 3 is 2.54 bits per heavy atom. The normalized spacial score (nSPS) is 14.9. The van der Waals surface area contributed by atoms with Crippen LogP contribution in [0.2, 0.25) is 0 Å². The molecule has 0 amide bonds. The number of methoxy groups -OCH3 is 2. The fourth-order valence-electron chi connectivity index (χ4n) is 2.70. The maximum atomic E-state index is 5.40. The van der Waals surface area contributed by atoms with Crippen molar-refractivity contribution in [3.8, 4) is 11.5 Å². The third-order valence-electron chi connectivity index (χ3n) is 4.09. The van der Waals surface area contributed by atoms with Crippen molar-refractivity contribution in [2.75, 3.05) is 45.3 Å². The van der Waals surface area contributed by atoms with Gasteiger partial charge in [0.1, 0.15) is 24.6 Å². The van der Waals surface area contributed by atoms with Crippen LogP contribution >= 0.6 is 0 Å². The molecule has 6 heteroatoms. The maximum absolute atomic E-state index is 5.40. The number of anilines is 1. The first-order chi connectivity index (χ1) is 11.8. The number of benzene rings is 1. The quantitative estimate of drug-likeness (QED) is 0.784. The number of aromatic amines is 1. The van der Waals surface area contributed by atoms with Crippen LogP contribution in [0, 0.1) is 0 Å². The van der Waals surface area contributed by atoms with E-state index in [0.717, 1.165) is 49.1 Å². The molecule has 2 aromatic rings. The zero-order valence-electron chi connectivity index (χ0n) is 14.1. The van der Waals surface area contributed by atoms with Gasteiger partial charge in [0.25, 0.3) is 5.82 Å². The predicted octanol–water partition coefficient (Wildman–Crippen LogP) is 1.67. The molecule has 0 atom stereocenters. The van der Waals surface area contributed by atoms with Crippen LogP contribution in [0.3, 0.4) is 0 Å². The molecule has 1 aromatic heterocycles. The van der Waals surface area contributed by atoms with Crippen molar-refractivity contribution in [3.05, 3.63) is 48.2 Å². The molecule has 1 N–H and O–H groups in total. The van der Waals surface area contributed by atoms with E-state index in [1.54, 1.807) is 14.2 Å². The lowest BCUT2D eigenvalue weighted by Crippen LogP contribution is -2.45. The Kier molecular flexibility index (Phi) is 5.15. The van der Waals surface area contributed by atoms with Crippen molar-refractivity contribution in [1.82, 2.24) is 5.01 Å². The van der Waals surface area contributed by atoms with Crippen molar-refractivity contribution >= 4 is 12.0 Å². The molecule has 0 bridgehead atoms. The van der Waals surface area contributed by atoms with Gasteiger partial charge in [-0.2, -0.15) is 5.10 Å². The van der Waals surface area contributed by atoms with Crippen molar-refractivity contribution in [2.45, 2.75) is 0 Å². The van der Waals surface area contributed by atoms with Gasteiger partial charge in [-0.1, -0.05) is 6.07 Å². The fourth-order valence-corrected chi connectivity index (χ4v) is 2.70. The van der Waals surface area contributed by atoms with Gasteiger partial charge >= 0.3 is 0 Å². The number of nitrogens with zero attached hydrogens (tertiary/aromatic N) is 3. The van der Waals surface area contributed by atoms with Crippen LogP contribution in [-0.4, -0.2) is 51.6 Å². The predicted molar refractivity (Wildman–Crippen MR) is 93.9 cm³/mol. The van der Waals surface area contributed by atoms with E-state index in [1.807, 2.05) is 42.7 Å².